The second kappa shape index (κ2) is 0.792. The minimum atomic E-state index is 0.204. The number of rotatable bonds is 1. The van der Waals surface area contributed by atoms with Gasteiger partial charge in [0.1, 0.15) is 6.29 Å². The summed E-state index contributed by atoms with van der Waals surface area (Å²) in [4.78, 5) is 9.50. The molecule has 2 heteroatoms. The molecule has 1 N–H and O–H groups in total. The first-order valence-electron chi connectivity index (χ1n) is 1.62. The van der Waals surface area contributed by atoms with Gasteiger partial charge in [-0.15, -0.1) is 0 Å². The lowest BCUT2D eigenvalue weighted by Gasteiger charge is -1.55. The van der Waals surface area contributed by atoms with E-state index in [2.05, 4.69) is 5.32 Å². The van der Waals surface area contributed by atoms with Gasteiger partial charge in [0.05, 0.1) is 6.04 Å². The van der Waals surface area contributed by atoms with Crippen LogP contribution in [0.5, 0.6) is 0 Å². The molecule has 5 heavy (non-hydrogen) atoms. The van der Waals surface area contributed by atoms with Crippen LogP contribution in [0.2, 0.25) is 0 Å². The van der Waals surface area contributed by atoms with E-state index in [0.29, 0.717) is 0 Å². The van der Waals surface area contributed by atoms with Crippen molar-refractivity contribution in [1.29, 1.82) is 0 Å². The van der Waals surface area contributed by atoms with E-state index in [-0.39, 0.29) is 6.04 Å². The standard InChI is InChI=1S/C3H5NO/c5-2-3-1-4-3/h2-4H,1H2/t3-/m0/s1. The van der Waals surface area contributed by atoms with Gasteiger partial charge in [0.25, 0.3) is 0 Å². The molecule has 1 fully saturated rings. The molecule has 0 bridgehead atoms. The first kappa shape index (κ1) is 2.85. The van der Waals surface area contributed by atoms with E-state index in [1.807, 2.05) is 0 Å². The molecular formula is C3H5NO. The molecule has 0 aromatic carbocycles. The SMILES string of the molecule is O=C[C@@H]1CN1. The van der Waals surface area contributed by atoms with Crippen LogP contribution in [0.1, 0.15) is 0 Å². The summed E-state index contributed by atoms with van der Waals surface area (Å²) in [6.07, 6.45) is 0.917. The predicted molar refractivity (Wildman–Crippen MR) is 17.9 cm³/mol. The summed E-state index contributed by atoms with van der Waals surface area (Å²) in [6.45, 7) is 0.892. The Bertz CT molecular complexity index is 48.9. The van der Waals surface area contributed by atoms with Crippen LogP contribution in [-0.2, 0) is 4.79 Å². The Morgan fingerprint density at radius 2 is 2.60 bits per heavy atom. The van der Waals surface area contributed by atoms with Gasteiger partial charge in [-0.1, -0.05) is 0 Å². The van der Waals surface area contributed by atoms with Gasteiger partial charge in [0.15, 0.2) is 0 Å². The fourth-order valence-corrected chi connectivity index (χ4v) is 0.164. The lowest BCUT2D eigenvalue weighted by molar-refractivity contribution is -0.107. The van der Waals surface area contributed by atoms with E-state index < -0.39 is 0 Å². The molecule has 0 aliphatic carbocycles. The van der Waals surface area contributed by atoms with Gasteiger partial charge in [-0.2, -0.15) is 0 Å². The third-order valence-electron chi connectivity index (χ3n) is 0.604. The highest BCUT2D eigenvalue weighted by atomic mass is 16.1. The largest absolute Gasteiger partial charge is 0.305 e. The Kier molecular flexibility index (Phi) is 0.451. The van der Waals surface area contributed by atoms with Gasteiger partial charge >= 0.3 is 0 Å². The Morgan fingerprint density at radius 1 is 2.00 bits per heavy atom. The van der Waals surface area contributed by atoms with Crippen molar-refractivity contribution in [2.75, 3.05) is 6.54 Å². The second-order valence-corrected chi connectivity index (χ2v) is 1.15. The summed E-state index contributed by atoms with van der Waals surface area (Å²) < 4.78 is 0. The maximum Gasteiger partial charge on any atom is 0.138 e. The summed E-state index contributed by atoms with van der Waals surface area (Å²) in [5.41, 5.74) is 0. The fraction of sp³-hybridized carbons (Fsp3) is 0.667. The maximum atomic E-state index is 9.50. The van der Waals surface area contributed by atoms with Crippen molar-refractivity contribution >= 4 is 6.29 Å². The summed E-state index contributed by atoms with van der Waals surface area (Å²) >= 11 is 0. The number of hydrogen-bond acceptors (Lipinski definition) is 2. The summed E-state index contributed by atoms with van der Waals surface area (Å²) in [6, 6.07) is 0.204. The van der Waals surface area contributed by atoms with Crippen molar-refractivity contribution in [2.24, 2.45) is 0 Å². The molecular weight excluding hydrogens is 66.0 g/mol. The smallest absolute Gasteiger partial charge is 0.138 e. The van der Waals surface area contributed by atoms with Crippen molar-refractivity contribution < 1.29 is 4.79 Å². The third-order valence-corrected chi connectivity index (χ3v) is 0.604. The summed E-state index contributed by atoms with van der Waals surface area (Å²) in [7, 11) is 0. The van der Waals surface area contributed by atoms with Crippen LogP contribution in [0.15, 0.2) is 0 Å². The van der Waals surface area contributed by atoms with Gasteiger partial charge in [-0.3, -0.25) is 0 Å². The number of carbonyl (C=O) groups is 1. The number of aldehydes is 1. The summed E-state index contributed by atoms with van der Waals surface area (Å²) in [5, 5.41) is 2.82. The molecule has 1 aliphatic rings. The van der Waals surface area contributed by atoms with Crippen LogP contribution in [0, 0.1) is 0 Å². The Balaban J connectivity index is 2.21. The monoisotopic (exact) mass is 71.0 g/mol. The maximum absolute atomic E-state index is 9.50. The average molecular weight is 71.1 g/mol. The molecule has 2 nitrogen and oxygen atoms in total. The zero-order chi connectivity index (χ0) is 3.70. The normalized spacial score (nSPS) is 33.2. The molecule has 1 atom stereocenters. The van der Waals surface area contributed by atoms with Crippen LogP contribution in [0.4, 0.5) is 0 Å². The Hall–Kier alpha value is -0.370. The van der Waals surface area contributed by atoms with E-state index in [4.69, 9.17) is 0 Å². The minimum absolute atomic E-state index is 0.204. The van der Waals surface area contributed by atoms with Crippen LogP contribution < -0.4 is 5.32 Å². The average Bonchev–Trinajstić information content (AvgIpc) is 2.12. The van der Waals surface area contributed by atoms with E-state index in [9.17, 15) is 4.79 Å². The molecule has 1 heterocycles. The van der Waals surface area contributed by atoms with Crippen LogP contribution in [0.3, 0.4) is 0 Å². The molecule has 0 spiro atoms. The molecule has 1 rings (SSSR count). The minimum Gasteiger partial charge on any atom is -0.305 e. The van der Waals surface area contributed by atoms with Crippen molar-refractivity contribution in [1.82, 2.24) is 5.32 Å². The highest BCUT2D eigenvalue weighted by Crippen LogP contribution is 1.86. The van der Waals surface area contributed by atoms with Crippen molar-refractivity contribution in [3.8, 4) is 0 Å². The fourth-order valence-electron chi connectivity index (χ4n) is 0.164. The van der Waals surface area contributed by atoms with Crippen LogP contribution in [-0.4, -0.2) is 18.9 Å². The number of carbonyl (C=O) groups excluding carboxylic acids is 1. The topological polar surface area (TPSA) is 39.0 Å². The molecule has 0 amide bonds. The second-order valence-electron chi connectivity index (χ2n) is 1.15. The predicted octanol–water partition coefficient (Wildman–Crippen LogP) is -0.843. The van der Waals surface area contributed by atoms with Gasteiger partial charge in [0, 0.05) is 6.54 Å². The molecule has 0 unspecified atom stereocenters. The van der Waals surface area contributed by atoms with Gasteiger partial charge < -0.3 is 10.1 Å². The Labute approximate surface area is 30.2 Å². The van der Waals surface area contributed by atoms with Crippen molar-refractivity contribution in [3.63, 3.8) is 0 Å². The zero-order valence-electron chi connectivity index (χ0n) is 2.77. The van der Waals surface area contributed by atoms with E-state index in [1.54, 1.807) is 0 Å². The zero-order valence-corrected chi connectivity index (χ0v) is 2.77. The quantitative estimate of drug-likeness (QED) is 0.323. The van der Waals surface area contributed by atoms with Gasteiger partial charge in [-0.25, -0.2) is 0 Å². The molecule has 1 saturated heterocycles. The highest BCUT2D eigenvalue weighted by molar-refractivity contribution is 5.61. The van der Waals surface area contributed by atoms with Crippen LogP contribution >= 0.6 is 0 Å². The van der Waals surface area contributed by atoms with Crippen molar-refractivity contribution in [3.05, 3.63) is 0 Å². The lowest BCUT2D eigenvalue weighted by Crippen LogP contribution is -1.86. The molecule has 0 aromatic rings. The van der Waals surface area contributed by atoms with E-state index in [0.717, 1.165) is 12.8 Å². The van der Waals surface area contributed by atoms with E-state index in [1.165, 1.54) is 0 Å². The first-order valence-corrected chi connectivity index (χ1v) is 1.62. The third kappa shape index (κ3) is 0.450. The lowest BCUT2D eigenvalue weighted by atomic mass is 10.6. The number of nitrogens with one attached hydrogen (secondary N) is 1. The molecule has 0 aromatic heterocycles. The molecule has 0 radical (unpaired) electrons. The molecule has 1 aliphatic heterocycles. The Morgan fingerprint density at radius 3 is 2.60 bits per heavy atom. The van der Waals surface area contributed by atoms with Gasteiger partial charge in [-0.05, 0) is 0 Å². The summed E-state index contributed by atoms with van der Waals surface area (Å²) in [5.74, 6) is 0. The van der Waals surface area contributed by atoms with E-state index >= 15 is 0 Å². The first-order chi connectivity index (χ1) is 2.43. The molecule has 28 valence electrons. The van der Waals surface area contributed by atoms with Crippen LogP contribution in [0.25, 0.3) is 0 Å². The number of hydrogen-bond donors (Lipinski definition) is 1. The van der Waals surface area contributed by atoms with Gasteiger partial charge in [0.2, 0.25) is 0 Å². The molecule has 0 saturated carbocycles. The highest BCUT2D eigenvalue weighted by Gasteiger charge is 2.16. The van der Waals surface area contributed by atoms with Crippen molar-refractivity contribution in [2.45, 2.75) is 6.04 Å².